The quantitative estimate of drug-likeness (QED) is 0.743. The summed E-state index contributed by atoms with van der Waals surface area (Å²) in [5.74, 6) is 1.07. The summed E-state index contributed by atoms with van der Waals surface area (Å²) < 4.78 is 5.49. The van der Waals surface area contributed by atoms with Gasteiger partial charge >= 0.3 is 0 Å². The normalized spacial score (nSPS) is 27.4. The first-order chi connectivity index (χ1) is 8.76. The maximum atomic E-state index is 12.5. The molecule has 0 bridgehead atoms. The van der Waals surface area contributed by atoms with Crippen molar-refractivity contribution in [2.24, 2.45) is 11.8 Å². The van der Waals surface area contributed by atoms with Gasteiger partial charge in [0.15, 0.2) is 0 Å². The molecule has 1 saturated heterocycles. The first-order valence-electron chi connectivity index (χ1n) is 7.36. The summed E-state index contributed by atoms with van der Waals surface area (Å²) in [6.07, 6.45) is 3.68. The van der Waals surface area contributed by atoms with Gasteiger partial charge in [-0.1, -0.05) is 6.92 Å². The molecule has 0 radical (unpaired) electrons. The van der Waals surface area contributed by atoms with Crippen LogP contribution in [0, 0.1) is 11.8 Å². The van der Waals surface area contributed by atoms with Gasteiger partial charge in [0, 0.05) is 19.1 Å². The van der Waals surface area contributed by atoms with Crippen LogP contribution in [0.1, 0.15) is 33.1 Å². The Morgan fingerprint density at radius 1 is 1.33 bits per heavy atom. The molecule has 4 nitrogen and oxygen atoms in total. The zero-order valence-corrected chi connectivity index (χ0v) is 11.7. The van der Waals surface area contributed by atoms with Gasteiger partial charge in [-0.05, 0) is 38.6 Å². The number of carbonyl (C=O) groups excluding carboxylic acids is 1. The molecule has 2 unspecified atom stereocenters. The molecular formula is C14H26N2O2. The van der Waals surface area contributed by atoms with E-state index in [0.717, 1.165) is 32.0 Å². The fourth-order valence-electron chi connectivity index (χ4n) is 2.55. The van der Waals surface area contributed by atoms with E-state index in [-0.39, 0.29) is 17.9 Å². The van der Waals surface area contributed by atoms with E-state index in [1.807, 2.05) is 4.90 Å². The third-order valence-electron chi connectivity index (χ3n) is 3.92. The number of nitrogens with one attached hydrogen (secondary N) is 1. The molecule has 2 rings (SSSR count). The number of hydrogen-bond acceptors (Lipinski definition) is 3. The van der Waals surface area contributed by atoms with Crippen LogP contribution in [0.15, 0.2) is 0 Å². The molecule has 2 aliphatic rings. The first kappa shape index (κ1) is 13.8. The smallest absolute Gasteiger partial charge is 0.229 e. The molecule has 2 atom stereocenters. The fraction of sp³-hybridized carbons (Fsp3) is 0.929. The number of nitrogens with zero attached hydrogens (tertiary/aromatic N) is 1. The zero-order valence-electron chi connectivity index (χ0n) is 11.7. The molecule has 18 heavy (non-hydrogen) atoms. The Kier molecular flexibility index (Phi) is 5.01. The maximum Gasteiger partial charge on any atom is 0.229 e. The summed E-state index contributed by atoms with van der Waals surface area (Å²) in [7, 11) is 0. The average molecular weight is 254 g/mol. The number of amides is 1. The van der Waals surface area contributed by atoms with Gasteiger partial charge in [0.1, 0.15) is 0 Å². The van der Waals surface area contributed by atoms with E-state index >= 15 is 0 Å². The molecule has 0 spiro atoms. The molecule has 1 aliphatic carbocycles. The van der Waals surface area contributed by atoms with Gasteiger partial charge in [-0.3, -0.25) is 4.79 Å². The minimum Gasteiger partial charge on any atom is -0.379 e. The van der Waals surface area contributed by atoms with Gasteiger partial charge in [0.05, 0.1) is 19.1 Å². The van der Waals surface area contributed by atoms with Crippen molar-refractivity contribution in [2.75, 3.05) is 32.8 Å². The van der Waals surface area contributed by atoms with Crippen LogP contribution in [0.3, 0.4) is 0 Å². The molecule has 1 aliphatic heterocycles. The van der Waals surface area contributed by atoms with Crippen LogP contribution in [0.4, 0.5) is 0 Å². The second kappa shape index (κ2) is 6.53. The van der Waals surface area contributed by atoms with E-state index in [9.17, 15) is 4.79 Å². The van der Waals surface area contributed by atoms with Crippen LogP contribution in [0.25, 0.3) is 0 Å². The van der Waals surface area contributed by atoms with Crippen molar-refractivity contribution < 1.29 is 9.53 Å². The van der Waals surface area contributed by atoms with Gasteiger partial charge in [-0.2, -0.15) is 0 Å². The first-order valence-corrected chi connectivity index (χ1v) is 7.36. The molecule has 1 saturated carbocycles. The lowest BCUT2D eigenvalue weighted by molar-refractivity contribution is -0.136. The van der Waals surface area contributed by atoms with Crippen molar-refractivity contribution >= 4 is 5.91 Å². The van der Waals surface area contributed by atoms with Crippen LogP contribution < -0.4 is 5.32 Å². The van der Waals surface area contributed by atoms with Crippen molar-refractivity contribution in [3.8, 4) is 0 Å². The lowest BCUT2D eigenvalue weighted by atomic mass is 10.0. The molecule has 1 N–H and O–H groups in total. The molecule has 4 heteroatoms. The van der Waals surface area contributed by atoms with Crippen LogP contribution in [0.2, 0.25) is 0 Å². The topological polar surface area (TPSA) is 41.6 Å². The Morgan fingerprint density at radius 3 is 2.72 bits per heavy atom. The summed E-state index contributed by atoms with van der Waals surface area (Å²) >= 11 is 0. The summed E-state index contributed by atoms with van der Waals surface area (Å²) in [6, 6.07) is 0.214. The Bertz CT molecular complexity index is 279. The molecular weight excluding hydrogens is 228 g/mol. The molecule has 0 aromatic rings. The molecule has 1 heterocycles. The van der Waals surface area contributed by atoms with E-state index in [0.29, 0.717) is 13.2 Å². The predicted molar refractivity (Wildman–Crippen MR) is 71.4 cm³/mol. The standard InChI is InChI=1S/C14H26N2O2/c1-3-7-15-13-10-18-9-12(13)14(17)16(4-2)8-11-5-6-11/h11-13,15H,3-10H2,1-2H3. The van der Waals surface area contributed by atoms with E-state index < -0.39 is 0 Å². The van der Waals surface area contributed by atoms with Gasteiger partial charge in [0.25, 0.3) is 0 Å². The van der Waals surface area contributed by atoms with Gasteiger partial charge in [0.2, 0.25) is 5.91 Å². The molecule has 0 aromatic heterocycles. The fourth-order valence-corrected chi connectivity index (χ4v) is 2.55. The monoisotopic (exact) mass is 254 g/mol. The van der Waals surface area contributed by atoms with Crippen LogP contribution in [0.5, 0.6) is 0 Å². The van der Waals surface area contributed by atoms with E-state index in [1.54, 1.807) is 0 Å². The van der Waals surface area contributed by atoms with Crippen LogP contribution in [-0.4, -0.2) is 49.7 Å². The number of carbonyl (C=O) groups is 1. The minimum absolute atomic E-state index is 0.0234. The summed E-state index contributed by atoms with van der Waals surface area (Å²) in [4.78, 5) is 14.5. The van der Waals surface area contributed by atoms with Crippen molar-refractivity contribution in [1.29, 1.82) is 0 Å². The summed E-state index contributed by atoms with van der Waals surface area (Å²) in [5, 5.41) is 3.44. The average Bonchev–Trinajstić information content (AvgIpc) is 3.08. The molecule has 1 amide bonds. The summed E-state index contributed by atoms with van der Waals surface area (Å²) in [6.45, 7) is 8.22. The van der Waals surface area contributed by atoms with Gasteiger partial charge in [-0.25, -0.2) is 0 Å². The van der Waals surface area contributed by atoms with E-state index in [1.165, 1.54) is 12.8 Å². The highest BCUT2D eigenvalue weighted by molar-refractivity contribution is 5.80. The number of hydrogen-bond donors (Lipinski definition) is 1. The minimum atomic E-state index is 0.0234. The van der Waals surface area contributed by atoms with Crippen molar-refractivity contribution in [2.45, 2.75) is 39.2 Å². The SMILES string of the molecule is CCCNC1COCC1C(=O)N(CC)CC1CC1. The van der Waals surface area contributed by atoms with Crippen molar-refractivity contribution in [3.63, 3.8) is 0 Å². The molecule has 2 fully saturated rings. The second-order valence-electron chi connectivity index (χ2n) is 5.52. The Hall–Kier alpha value is -0.610. The maximum absolute atomic E-state index is 12.5. The predicted octanol–water partition coefficient (Wildman–Crippen LogP) is 1.26. The lowest BCUT2D eigenvalue weighted by Gasteiger charge is -2.26. The summed E-state index contributed by atoms with van der Waals surface area (Å²) in [5.41, 5.74) is 0. The molecule has 0 aromatic carbocycles. The third kappa shape index (κ3) is 3.45. The van der Waals surface area contributed by atoms with Crippen LogP contribution >= 0.6 is 0 Å². The van der Waals surface area contributed by atoms with Crippen LogP contribution in [-0.2, 0) is 9.53 Å². The van der Waals surface area contributed by atoms with Crippen molar-refractivity contribution in [1.82, 2.24) is 10.2 Å². The van der Waals surface area contributed by atoms with E-state index in [2.05, 4.69) is 19.2 Å². The largest absolute Gasteiger partial charge is 0.379 e. The highest BCUT2D eigenvalue weighted by atomic mass is 16.5. The highest BCUT2D eigenvalue weighted by Crippen LogP contribution is 2.30. The highest BCUT2D eigenvalue weighted by Gasteiger charge is 2.37. The molecule has 104 valence electrons. The lowest BCUT2D eigenvalue weighted by Crippen LogP contribution is -2.46. The van der Waals surface area contributed by atoms with Crippen molar-refractivity contribution in [3.05, 3.63) is 0 Å². The van der Waals surface area contributed by atoms with E-state index in [4.69, 9.17) is 4.74 Å². The Balaban J connectivity index is 1.88. The third-order valence-corrected chi connectivity index (χ3v) is 3.92. The number of ether oxygens (including phenoxy) is 1. The Labute approximate surface area is 110 Å². The zero-order chi connectivity index (χ0) is 13.0. The van der Waals surface area contributed by atoms with Gasteiger partial charge < -0.3 is 15.0 Å². The number of rotatable bonds is 7. The second-order valence-corrected chi connectivity index (χ2v) is 5.52. The Morgan fingerprint density at radius 2 is 2.11 bits per heavy atom. The van der Waals surface area contributed by atoms with Gasteiger partial charge in [-0.15, -0.1) is 0 Å².